The molecule has 2 atom stereocenters. The van der Waals surface area contributed by atoms with Gasteiger partial charge in [0.25, 0.3) is 0 Å². The molecule has 1 fully saturated rings. The van der Waals surface area contributed by atoms with Crippen molar-refractivity contribution in [3.63, 3.8) is 0 Å². The van der Waals surface area contributed by atoms with Crippen LogP contribution < -0.4 is 0 Å². The molecule has 1 rings (SSSR count). The van der Waals surface area contributed by atoms with Gasteiger partial charge in [-0.15, -0.1) is 0 Å². The first kappa shape index (κ1) is 13.2. The van der Waals surface area contributed by atoms with E-state index >= 15 is 0 Å². The van der Waals surface area contributed by atoms with E-state index in [2.05, 4.69) is 20.8 Å². The van der Waals surface area contributed by atoms with Gasteiger partial charge in [0.15, 0.2) is 12.4 Å². The molecular formula is C13H22O3. The van der Waals surface area contributed by atoms with Crippen LogP contribution in [0.1, 0.15) is 47.5 Å². The highest BCUT2D eigenvalue weighted by Gasteiger charge is 2.53. The topological polar surface area (TPSA) is 43.4 Å². The Morgan fingerprint density at radius 3 is 2.25 bits per heavy atom. The van der Waals surface area contributed by atoms with E-state index in [-0.39, 0.29) is 29.2 Å². The fourth-order valence-corrected chi connectivity index (χ4v) is 2.56. The molecule has 1 saturated carbocycles. The number of rotatable bonds is 3. The molecule has 0 amide bonds. The Kier molecular flexibility index (Phi) is 3.46. The summed E-state index contributed by atoms with van der Waals surface area (Å²) < 4.78 is 4.82. The van der Waals surface area contributed by atoms with Crippen molar-refractivity contribution in [3.8, 4) is 0 Å². The Morgan fingerprint density at radius 2 is 1.88 bits per heavy atom. The second kappa shape index (κ2) is 4.19. The lowest BCUT2D eigenvalue weighted by molar-refractivity contribution is -0.151. The molecule has 0 aromatic carbocycles. The van der Waals surface area contributed by atoms with Crippen LogP contribution in [0.25, 0.3) is 0 Å². The maximum absolute atomic E-state index is 12.2. The van der Waals surface area contributed by atoms with Crippen molar-refractivity contribution in [2.75, 3.05) is 6.61 Å². The number of carbonyl (C=O) groups excluding carboxylic acids is 2. The minimum atomic E-state index is -0.388. The zero-order valence-corrected chi connectivity index (χ0v) is 10.9. The van der Waals surface area contributed by atoms with Crippen LogP contribution in [0.3, 0.4) is 0 Å². The van der Waals surface area contributed by atoms with Crippen LogP contribution in [-0.4, -0.2) is 18.4 Å². The molecule has 0 spiro atoms. The number of esters is 1. The predicted molar refractivity (Wildman–Crippen MR) is 61.9 cm³/mol. The molecule has 0 aromatic heterocycles. The number of ketones is 1. The van der Waals surface area contributed by atoms with Gasteiger partial charge in [0.05, 0.1) is 0 Å². The first-order chi connectivity index (χ1) is 7.22. The fourth-order valence-electron chi connectivity index (χ4n) is 2.56. The summed E-state index contributed by atoms with van der Waals surface area (Å²) in [6.07, 6.45) is 1.95. The Morgan fingerprint density at radius 1 is 1.31 bits per heavy atom. The van der Waals surface area contributed by atoms with Crippen molar-refractivity contribution >= 4 is 11.8 Å². The molecule has 3 nitrogen and oxygen atoms in total. The van der Waals surface area contributed by atoms with Crippen molar-refractivity contribution in [3.05, 3.63) is 0 Å². The fraction of sp³-hybridized carbons (Fsp3) is 0.846. The van der Waals surface area contributed by atoms with E-state index in [1.807, 2.05) is 6.92 Å². The Balaban J connectivity index is 2.78. The summed E-state index contributed by atoms with van der Waals surface area (Å²) in [4.78, 5) is 22.9. The molecular weight excluding hydrogens is 204 g/mol. The highest BCUT2D eigenvalue weighted by Crippen LogP contribution is 2.56. The molecule has 0 N–H and O–H groups in total. The van der Waals surface area contributed by atoms with Gasteiger partial charge in [-0.1, -0.05) is 27.7 Å². The van der Waals surface area contributed by atoms with Crippen LogP contribution >= 0.6 is 0 Å². The standard InChI is InChI=1S/C13H22O3/c1-9-6-7-13(5,12(9,3)4)11(15)8-16-10(2)14/h9H,6-8H2,1-5H3/t9-,13+/m1/s1. The van der Waals surface area contributed by atoms with E-state index in [0.29, 0.717) is 5.92 Å². The van der Waals surface area contributed by atoms with Gasteiger partial charge in [0.2, 0.25) is 0 Å². The first-order valence-electron chi connectivity index (χ1n) is 5.88. The summed E-state index contributed by atoms with van der Waals surface area (Å²) >= 11 is 0. The van der Waals surface area contributed by atoms with Crippen molar-refractivity contribution in [1.82, 2.24) is 0 Å². The van der Waals surface area contributed by atoms with E-state index in [1.165, 1.54) is 6.92 Å². The normalized spacial score (nSPS) is 32.4. The van der Waals surface area contributed by atoms with E-state index < -0.39 is 0 Å². The van der Waals surface area contributed by atoms with Gasteiger partial charge in [0.1, 0.15) is 0 Å². The molecule has 0 aliphatic heterocycles. The molecule has 0 aromatic rings. The van der Waals surface area contributed by atoms with Crippen LogP contribution in [0.2, 0.25) is 0 Å². The summed E-state index contributed by atoms with van der Waals surface area (Å²) in [5.41, 5.74) is -0.383. The molecule has 0 radical (unpaired) electrons. The first-order valence-corrected chi connectivity index (χ1v) is 5.88. The van der Waals surface area contributed by atoms with Gasteiger partial charge < -0.3 is 4.74 Å². The van der Waals surface area contributed by atoms with Crippen LogP contribution in [0.4, 0.5) is 0 Å². The van der Waals surface area contributed by atoms with E-state index in [4.69, 9.17) is 4.74 Å². The maximum Gasteiger partial charge on any atom is 0.303 e. The second-order valence-corrected chi connectivity index (χ2v) is 5.70. The largest absolute Gasteiger partial charge is 0.458 e. The number of Topliss-reactive ketones (excluding diaryl/α,β-unsaturated/α-hetero) is 1. The summed E-state index contributed by atoms with van der Waals surface area (Å²) in [5, 5.41) is 0. The van der Waals surface area contributed by atoms with Gasteiger partial charge in [0, 0.05) is 12.3 Å². The van der Waals surface area contributed by atoms with E-state index in [0.717, 1.165) is 12.8 Å². The molecule has 1 aliphatic carbocycles. The molecule has 3 heteroatoms. The monoisotopic (exact) mass is 226 g/mol. The Bertz CT molecular complexity index is 306. The molecule has 0 bridgehead atoms. The number of hydrogen-bond donors (Lipinski definition) is 0. The van der Waals surface area contributed by atoms with Crippen molar-refractivity contribution in [2.24, 2.45) is 16.7 Å². The van der Waals surface area contributed by atoms with Crippen molar-refractivity contribution in [1.29, 1.82) is 0 Å². The van der Waals surface area contributed by atoms with Crippen molar-refractivity contribution < 1.29 is 14.3 Å². The van der Waals surface area contributed by atoms with Crippen LogP contribution in [0.15, 0.2) is 0 Å². The van der Waals surface area contributed by atoms with Gasteiger partial charge >= 0.3 is 5.97 Å². The number of carbonyl (C=O) groups is 2. The average Bonchev–Trinajstić information content (AvgIpc) is 2.39. The third-order valence-electron chi connectivity index (χ3n) is 4.75. The molecule has 0 unspecified atom stereocenters. The summed E-state index contributed by atoms with van der Waals surface area (Å²) in [7, 11) is 0. The zero-order valence-electron chi connectivity index (χ0n) is 10.9. The highest BCUT2D eigenvalue weighted by molar-refractivity contribution is 5.88. The quantitative estimate of drug-likeness (QED) is 0.695. The third-order valence-corrected chi connectivity index (χ3v) is 4.75. The number of ether oxygens (including phenoxy) is 1. The predicted octanol–water partition coefficient (Wildman–Crippen LogP) is 2.58. The zero-order chi connectivity index (χ0) is 12.6. The summed E-state index contributed by atoms with van der Waals surface area (Å²) in [6, 6.07) is 0. The SMILES string of the molecule is CC(=O)OCC(=O)[C@]1(C)CC[C@@H](C)C1(C)C. The second-order valence-electron chi connectivity index (χ2n) is 5.70. The summed E-state index contributed by atoms with van der Waals surface area (Å²) in [6.45, 7) is 9.71. The Labute approximate surface area is 97.5 Å². The van der Waals surface area contributed by atoms with E-state index in [1.54, 1.807) is 0 Å². The molecule has 1 aliphatic rings. The van der Waals surface area contributed by atoms with Crippen molar-refractivity contribution in [2.45, 2.75) is 47.5 Å². The highest BCUT2D eigenvalue weighted by atomic mass is 16.5. The maximum atomic E-state index is 12.2. The molecule has 92 valence electrons. The Hall–Kier alpha value is -0.860. The van der Waals surface area contributed by atoms with Crippen LogP contribution in [-0.2, 0) is 14.3 Å². The molecule has 0 saturated heterocycles. The van der Waals surface area contributed by atoms with Gasteiger partial charge in [-0.05, 0) is 24.2 Å². The minimum absolute atomic E-state index is 0.0236. The average molecular weight is 226 g/mol. The molecule has 0 heterocycles. The lowest BCUT2D eigenvalue weighted by Crippen LogP contribution is -2.42. The van der Waals surface area contributed by atoms with E-state index in [9.17, 15) is 9.59 Å². The molecule has 16 heavy (non-hydrogen) atoms. The summed E-state index contributed by atoms with van der Waals surface area (Å²) in [5.74, 6) is 0.191. The number of hydrogen-bond acceptors (Lipinski definition) is 3. The minimum Gasteiger partial charge on any atom is -0.458 e. The third kappa shape index (κ3) is 2.00. The smallest absolute Gasteiger partial charge is 0.303 e. The van der Waals surface area contributed by atoms with Gasteiger partial charge in [-0.2, -0.15) is 0 Å². The van der Waals surface area contributed by atoms with Crippen LogP contribution in [0.5, 0.6) is 0 Å². The lowest BCUT2D eigenvalue weighted by atomic mass is 9.64. The van der Waals surface area contributed by atoms with Crippen LogP contribution in [0, 0.1) is 16.7 Å². The van der Waals surface area contributed by atoms with Gasteiger partial charge in [-0.3, -0.25) is 9.59 Å². The lowest BCUT2D eigenvalue weighted by Gasteiger charge is -2.39. The van der Waals surface area contributed by atoms with Gasteiger partial charge in [-0.25, -0.2) is 0 Å².